The summed E-state index contributed by atoms with van der Waals surface area (Å²) in [5.74, 6) is -0.189. The lowest BCUT2D eigenvalue weighted by molar-refractivity contribution is -0.133. The van der Waals surface area contributed by atoms with E-state index in [2.05, 4.69) is 0 Å². The van der Waals surface area contributed by atoms with Crippen molar-refractivity contribution in [3.63, 3.8) is 0 Å². The van der Waals surface area contributed by atoms with Gasteiger partial charge in [-0.1, -0.05) is 0 Å². The van der Waals surface area contributed by atoms with E-state index >= 15 is 0 Å². The van der Waals surface area contributed by atoms with E-state index in [0.717, 1.165) is 12.2 Å². The van der Waals surface area contributed by atoms with Gasteiger partial charge in [0.1, 0.15) is 11.9 Å². The summed E-state index contributed by atoms with van der Waals surface area (Å²) in [7, 11) is 1.80. The first-order valence-corrected chi connectivity index (χ1v) is 6.10. The van der Waals surface area contributed by atoms with Gasteiger partial charge in [-0.05, 0) is 37.2 Å². The molecule has 18 heavy (non-hydrogen) atoms. The monoisotopic (exact) mass is 251 g/mol. The Labute approximate surface area is 106 Å². The predicted molar refractivity (Wildman–Crippen MR) is 68.8 cm³/mol. The highest BCUT2D eigenvalue weighted by Crippen LogP contribution is 2.22. The van der Waals surface area contributed by atoms with E-state index in [1.807, 2.05) is 4.90 Å². The smallest absolute Gasteiger partial charge is 0.245 e. The first-order valence-electron chi connectivity index (χ1n) is 6.10. The minimum absolute atomic E-state index is 0.0797. The molecular formula is C13H18FN3O. The van der Waals surface area contributed by atoms with Crippen LogP contribution in [0, 0.1) is 5.82 Å². The lowest BCUT2D eigenvalue weighted by Gasteiger charge is -2.40. The number of likely N-dealkylation sites (N-methyl/N-ethyl adjacent to an activating group) is 1. The molecule has 0 radical (unpaired) electrons. The van der Waals surface area contributed by atoms with E-state index in [9.17, 15) is 9.18 Å². The number of carbonyl (C=O) groups excluding carboxylic acids is 1. The molecule has 4 nitrogen and oxygen atoms in total. The fraction of sp³-hybridized carbons (Fsp3) is 0.462. The van der Waals surface area contributed by atoms with Crippen LogP contribution in [0.1, 0.15) is 6.42 Å². The molecule has 1 fully saturated rings. The van der Waals surface area contributed by atoms with Gasteiger partial charge in [0.25, 0.3) is 0 Å². The van der Waals surface area contributed by atoms with Crippen LogP contribution in [0.4, 0.5) is 10.1 Å². The van der Waals surface area contributed by atoms with Crippen LogP contribution in [0.5, 0.6) is 0 Å². The molecule has 0 spiro atoms. The molecule has 0 aliphatic carbocycles. The van der Waals surface area contributed by atoms with Gasteiger partial charge in [-0.3, -0.25) is 4.79 Å². The third-order valence-corrected chi connectivity index (χ3v) is 3.31. The van der Waals surface area contributed by atoms with Crippen LogP contribution in [0.15, 0.2) is 24.3 Å². The molecule has 0 saturated carbocycles. The van der Waals surface area contributed by atoms with Gasteiger partial charge in [0.2, 0.25) is 5.91 Å². The first kappa shape index (κ1) is 12.8. The molecule has 1 atom stereocenters. The Hall–Kier alpha value is -1.62. The lowest BCUT2D eigenvalue weighted by atomic mass is 10.1. The summed E-state index contributed by atoms with van der Waals surface area (Å²) in [6.07, 6.45) is 0.612. The lowest BCUT2D eigenvalue weighted by Crippen LogP contribution is -2.56. The first-order chi connectivity index (χ1) is 8.63. The molecule has 1 aromatic rings. The zero-order valence-corrected chi connectivity index (χ0v) is 10.5. The maximum Gasteiger partial charge on any atom is 0.245 e. The molecule has 2 rings (SSSR count). The molecule has 2 N–H and O–H groups in total. The molecule has 1 aliphatic rings. The number of benzene rings is 1. The maximum atomic E-state index is 12.9. The molecule has 1 heterocycles. The van der Waals surface area contributed by atoms with E-state index in [-0.39, 0.29) is 17.8 Å². The van der Waals surface area contributed by atoms with Crippen molar-refractivity contribution in [3.8, 4) is 0 Å². The number of piperazine rings is 1. The topological polar surface area (TPSA) is 49.6 Å². The van der Waals surface area contributed by atoms with Crippen molar-refractivity contribution in [1.82, 2.24) is 4.90 Å². The molecule has 1 amide bonds. The summed E-state index contributed by atoms with van der Waals surface area (Å²) in [6.45, 7) is 1.89. The van der Waals surface area contributed by atoms with Crippen molar-refractivity contribution < 1.29 is 9.18 Å². The Morgan fingerprint density at radius 1 is 1.33 bits per heavy atom. The normalized spacial score (nSPS) is 20.4. The number of nitrogens with two attached hydrogens (primary N) is 1. The van der Waals surface area contributed by atoms with Gasteiger partial charge in [0.15, 0.2) is 0 Å². The molecule has 5 heteroatoms. The van der Waals surface area contributed by atoms with Crippen LogP contribution in [-0.4, -0.2) is 43.5 Å². The van der Waals surface area contributed by atoms with Crippen LogP contribution < -0.4 is 10.6 Å². The van der Waals surface area contributed by atoms with Crippen LogP contribution in [-0.2, 0) is 4.79 Å². The molecule has 1 aromatic carbocycles. The molecule has 1 aliphatic heterocycles. The third-order valence-electron chi connectivity index (χ3n) is 3.31. The number of hydrogen-bond acceptors (Lipinski definition) is 3. The van der Waals surface area contributed by atoms with Crippen LogP contribution in [0.25, 0.3) is 0 Å². The van der Waals surface area contributed by atoms with Crippen LogP contribution in [0.2, 0.25) is 0 Å². The average Bonchev–Trinajstić information content (AvgIpc) is 2.37. The summed E-state index contributed by atoms with van der Waals surface area (Å²) in [5.41, 5.74) is 6.45. The zero-order valence-electron chi connectivity index (χ0n) is 10.5. The molecular weight excluding hydrogens is 233 g/mol. The maximum absolute atomic E-state index is 12.9. The van der Waals surface area contributed by atoms with Crippen molar-refractivity contribution in [2.24, 2.45) is 5.73 Å². The van der Waals surface area contributed by atoms with Gasteiger partial charge in [0, 0.05) is 25.8 Å². The standard InChI is InChI=1S/C13H18FN3O/c1-16-8-9-17(12(6-7-15)13(16)18)11-4-2-10(14)3-5-11/h2-5,12H,6-9,15H2,1H3. The van der Waals surface area contributed by atoms with Gasteiger partial charge < -0.3 is 15.5 Å². The number of amides is 1. The second-order valence-electron chi connectivity index (χ2n) is 4.52. The second-order valence-corrected chi connectivity index (χ2v) is 4.52. The molecule has 0 bridgehead atoms. The van der Waals surface area contributed by atoms with Gasteiger partial charge in [-0.15, -0.1) is 0 Å². The molecule has 1 unspecified atom stereocenters. The summed E-state index contributed by atoms with van der Waals surface area (Å²) < 4.78 is 12.9. The van der Waals surface area contributed by atoms with Crippen molar-refractivity contribution in [2.45, 2.75) is 12.5 Å². The molecule has 1 saturated heterocycles. The minimum atomic E-state index is -0.269. The van der Waals surface area contributed by atoms with E-state index in [0.29, 0.717) is 19.5 Å². The quantitative estimate of drug-likeness (QED) is 0.865. The SMILES string of the molecule is CN1CCN(c2ccc(F)cc2)C(CCN)C1=O. The van der Waals surface area contributed by atoms with Crippen molar-refractivity contribution in [1.29, 1.82) is 0 Å². The number of carbonyl (C=O) groups is 1. The Morgan fingerprint density at radius 2 is 2.00 bits per heavy atom. The predicted octanol–water partition coefficient (Wildman–Crippen LogP) is 0.821. The molecule has 0 aromatic heterocycles. The number of rotatable bonds is 3. The number of nitrogens with zero attached hydrogens (tertiary/aromatic N) is 2. The highest BCUT2D eigenvalue weighted by atomic mass is 19.1. The fourth-order valence-electron chi connectivity index (χ4n) is 2.29. The number of hydrogen-bond donors (Lipinski definition) is 1. The second kappa shape index (κ2) is 5.35. The minimum Gasteiger partial charge on any atom is -0.358 e. The molecule has 98 valence electrons. The van der Waals surface area contributed by atoms with Crippen molar-refractivity contribution in [3.05, 3.63) is 30.1 Å². The highest BCUT2D eigenvalue weighted by Gasteiger charge is 2.32. The highest BCUT2D eigenvalue weighted by molar-refractivity contribution is 5.86. The number of anilines is 1. The van der Waals surface area contributed by atoms with Gasteiger partial charge >= 0.3 is 0 Å². The van der Waals surface area contributed by atoms with Crippen molar-refractivity contribution >= 4 is 11.6 Å². The largest absolute Gasteiger partial charge is 0.358 e. The number of halogens is 1. The van der Waals surface area contributed by atoms with E-state index < -0.39 is 0 Å². The van der Waals surface area contributed by atoms with Crippen LogP contribution >= 0.6 is 0 Å². The summed E-state index contributed by atoms with van der Waals surface area (Å²) in [5, 5.41) is 0. The Bertz CT molecular complexity index is 421. The van der Waals surface area contributed by atoms with E-state index in [1.54, 1.807) is 24.1 Å². The fourth-order valence-corrected chi connectivity index (χ4v) is 2.29. The summed E-state index contributed by atoms with van der Waals surface area (Å²) in [6, 6.07) is 6.00. The Morgan fingerprint density at radius 3 is 2.61 bits per heavy atom. The average molecular weight is 251 g/mol. The van der Waals surface area contributed by atoms with Crippen molar-refractivity contribution in [2.75, 3.05) is 31.6 Å². The van der Waals surface area contributed by atoms with Gasteiger partial charge in [0.05, 0.1) is 0 Å². The van der Waals surface area contributed by atoms with E-state index in [1.165, 1.54) is 12.1 Å². The third kappa shape index (κ3) is 2.46. The summed E-state index contributed by atoms with van der Waals surface area (Å²) >= 11 is 0. The zero-order chi connectivity index (χ0) is 13.1. The van der Waals surface area contributed by atoms with Gasteiger partial charge in [-0.25, -0.2) is 4.39 Å². The van der Waals surface area contributed by atoms with Gasteiger partial charge in [-0.2, -0.15) is 0 Å². The Kier molecular flexibility index (Phi) is 3.81. The summed E-state index contributed by atoms with van der Waals surface area (Å²) in [4.78, 5) is 15.9. The van der Waals surface area contributed by atoms with E-state index in [4.69, 9.17) is 5.73 Å². The Balaban J connectivity index is 2.24. The van der Waals surface area contributed by atoms with Crippen LogP contribution in [0.3, 0.4) is 0 Å².